The minimum absolute atomic E-state index is 0.00805. The van der Waals surface area contributed by atoms with Gasteiger partial charge in [0.15, 0.2) is 0 Å². The Kier molecular flexibility index (Phi) is 6.69. The summed E-state index contributed by atoms with van der Waals surface area (Å²) < 4.78 is 5.78. The van der Waals surface area contributed by atoms with E-state index in [1.807, 2.05) is 55.3 Å². The molecule has 0 bridgehead atoms. The van der Waals surface area contributed by atoms with E-state index in [1.54, 1.807) is 12.4 Å². The lowest BCUT2D eigenvalue weighted by Crippen LogP contribution is -2.40. The first-order valence-corrected chi connectivity index (χ1v) is 9.75. The third-order valence-corrected chi connectivity index (χ3v) is 5.20. The van der Waals surface area contributed by atoms with Crippen LogP contribution in [0.2, 0.25) is 0 Å². The zero-order chi connectivity index (χ0) is 19.1. The molecule has 1 aromatic carbocycles. The molecule has 1 N–H and O–H groups in total. The van der Waals surface area contributed by atoms with Crippen LogP contribution in [0.15, 0.2) is 48.8 Å². The van der Waals surface area contributed by atoms with Gasteiger partial charge in [0.1, 0.15) is 12.4 Å². The van der Waals surface area contributed by atoms with E-state index in [4.69, 9.17) is 4.74 Å². The van der Waals surface area contributed by atoms with Crippen LogP contribution in [-0.2, 0) is 6.61 Å². The standard InChI is InChI=1S/C22H29N3O2/c1-17(24-22(26)25(2)15-18-6-3-4-7-18)20-9-11-21(12-10-20)27-16-19-8-5-13-23-14-19/h5,8-14,17-18H,3-4,6-7,15-16H2,1-2H3,(H,24,26). The highest BCUT2D eigenvalue weighted by Crippen LogP contribution is 2.25. The molecule has 0 spiro atoms. The summed E-state index contributed by atoms with van der Waals surface area (Å²) in [5.74, 6) is 1.46. The van der Waals surface area contributed by atoms with Crippen molar-refractivity contribution in [3.63, 3.8) is 0 Å². The summed E-state index contributed by atoms with van der Waals surface area (Å²) in [5, 5.41) is 3.09. The Labute approximate surface area is 161 Å². The molecule has 1 heterocycles. The summed E-state index contributed by atoms with van der Waals surface area (Å²) in [5.41, 5.74) is 2.10. The van der Waals surface area contributed by atoms with Gasteiger partial charge < -0.3 is 15.0 Å². The maximum absolute atomic E-state index is 12.4. The predicted octanol–water partition coefficient (Wildman–Crippen LogP) is 4.55. The highest BCUT2D eigenvalue weighted by Gasteiger charge is 2.20. The minimum Gasteiger partial charge on any atom is -0.489 e. The van der Waals surface area contributed by atoms with Gasteiger partial charge in [0, 0.05) is 31.5 Å². The van der Waals surface area contributed by atoms with Gasteiger partial charge in [-0.05, 0) is 49.4 Å². The number of amides is 2. The van der Waals surface area contributed by atoms with Crippen LogP contribution in [0.1, 0.15) is 49.8 Å². The molecule has 0 radical (unpaired) electrons. The molecule has 5 nitrogen and oxygen atoms in total. The number of aromatic nitrogens is 1. The number of benzene rings is 1. The Morgan fingerprint density at radius 1 is 1.26 bits per heavy atom. The lowest BCUT2D eigenvalue weighted by Gasteiger charge is -2.24. The second kappa shape index (κ2) is 9.40. The Hall–Kier alpha value is -2.56. The van der Waals surface area contributed by atoms with Gasteiger partial charge in [-0.2, -0.15) is 0 Å². The van der Waals surface area contributed by atoms with Crippen LogP contribution in [0, 0.1) is 5.92 Å². The van der Waals surface area contributed by atoms with Crippen LogP contribution in [0.4, 0.5) is 4.79 Å². The van der Waals surface area contributed by atoms with Crippen LogP contribution in [-0.4, -0.2) is 29.5 Å². The highest BCUT2D eigenvalue weighted by atomic mass is 16.5. The van der Waals surface area contributed by atoms with Crippen LogP contribution < -0.4 is 10.1 Å². The summed E-state index contributed by atoms with van der Waals surface area (Å²) in [6.45, 7) is 3.35. The first kappa shape index (κ1) is 19.2. The predicted molar refractivity (Wildman–Crippen MR) is 107 cm³/mol. The molecule has 1 aromatic heterocycles. The quantitative estimate of drug-likeness (QED) is 0.781. The number of ether oxygens (including phenoxy) is 1. The van der Waals surface area contributed by atoms with E-state index in [2.05, 4.69) is 10.3 Å². The number of hydrogen-bond donors (Lipinski definition) is 1. The fraction of sp³-hybridized carbons (Fsp3) is 0.455. The molecule has 1 saturated carbocycles. The SMILES string of the molecule is CC(NC(=O)N(C)CC1CCCC1)c1ccc(OCc2cccnc2)cc1. The van der Waals surface area contributed by atoms with E-state index in [9.17, 15) is 4.79 Å². The molecule has 0 aliphatic heterocycles. The van der Waals surface area contributed by atoms with Crippen molar-refractivity contribution in [2.45, 2.75) is 45.3 Å². The Bertz CT molecular complexity index is 712. The number of rotatable bonds is 7. The van der Waals surface area contributed by atoms with E-state index in [0.29, 0.717) is 12.5 Å². The molecule has 1 atom stereocenters. The van der Waals surface area contributed by atoms with Gasteiger partial charge in [-0.15, -0.1) is 0 Å². The first-order chi connectivity index (χ1) is 13.1. The van der Waals surface area contributed by atoms with Crippen molar-refractivity contribution in [3.05, 3.63) is 59.9 Å². The van der Waals surface area contributed by atoms with Gasteiger partial charge in [0.05, 0.1) is 6.04 Å². The van der Waals surface area contributed by atoms with Crippen LogP contribution in [0.25, 0.3) is 0 Å². The second-order valence-corrected chi connectivity index (χ2v) is 7.42. The van der Waals surface area contributed by atoms with E-state index < -0.39 is 0 Å². The maximum atomic E-state index is 12.4. The number of pyridine rings is 1. The monoisotopic (exact) mass is 367 g/mol. The van der Waals surface area contributed by atoms with Gasteiger partial charge in [-0.3, -0.25) is 4.98 Å². The van der Waals surface area contributed by atoms with Gasteiger partial charge in [0.25, 0.3) is 0 Å². The normalized spacial score (nSPS) is 15.3. The van der Waals surface area contributed by atoms with Gasteiger partial charge >= 0.3 is 6.03 Å². The summed E-state index contributed by atoms with van der Waals surface area (Å²) in [4.78, 5) is 18.3. The molecule has 1 unspecified atom stereocenters. The molecule has 3 rings (SSSR count). The van der Waals surface area contributed by atoms with Gasteiger partial charge in [-0.25, -0.2) is 4.79 Å². The van der Waals surface area contributed by atoms with Crippen molar-refractivity contribution >= 4 is 6.03 Å². The number of hydrogen-bond acceptors (Lipinski definition) is 3. The number of nitrogens with zero attached hydrogens (tertiary/aromatic N) is 2. The fourth-order valence-corrected chi connectivity index (χ4v) is 3.54. The third-order valence-electron chi connectivity index (χ3n) is 5.20. The van der Waals surface area contributed by atoms with Gasteiger partial charge in [-0.1, -0.05) is 31.0 Å². The van der Waals surface area contributed by atoms with Crippen LogP contribution in [0.3, 0.4) is 0 Å². The van der Waals surface area contributed by atoms with Gasteiger partial charge in [0.2, 0.25) is 0 Å². The van der Waals surface area contributed by atoms with E-state index in [0.717, 1.165) is 23.4 Å². The Balaban J connectivity index is 1.47. The van der Waals surface area contributed by atoms with E-state index in [1.165, 1.54) is 25.7 Å². The van der Waals surface area contributed by atoms with Crippen molar-refractivity contribution in [2.75, 3.05) is 13.6 Å². The topological polar surface area (TPSA) is 54.5 Å². The molecular weight excluding hydrogens is 338 g/mol. The molecule has 27 heavy (non-hydrogen) atoms. The van der Waals surface area contributed by atoms with Crippen LogP contribution in [0.5, 0.6) is 5.75 Å². The Morgan fingerprint density at radius 2 is 2.00 bits per heavy atom. The summed E-state index contributed by atoms with van der Waals surface area (Å²) >= 11 is 0. The molecule has 1 aliphatic rings. The fourth-order valence-electron chi connectivity index (χ4n) is 3.54. The lowest BCUT2D eigenvalue weighted by molar-refractivity contribution is 0.197. The Morgan fingerprint density at radius 3 is 2.67 bits per heavy atom. The van der Waals surface area contributed by atoms with E-state index in [-0.39, 0.29) is 12.1 Å². The summed E-state index contributed by atoms with van der Waals surface area (Å²) in [6, 6.07) is 11.7. The van der Waals surface area contributed by atoms with Crippen molar-refractivity contribution < 1.29 is 9.53 Å². The summed E-state index contributed by atoms with van der Waals surface area (Å²) in [7, 11) is 1.88. The molecule has 2 aromatic rings. The van der Waals surface area contributed by atoms with Crippen molar-refractivity contribution in [3.8, 4) is 5.75 Å². The number of urea groups is 1. The molecule has 0 saturated heterocycles. The molecule has 1 fully saturated rings. The molecular formula is C22H29N3O2. The molecule has 144 valence electrons. The lowest BCUT2D eigenvalue weighted by atomic mass is 10.1. The van der Waals surface area contributed by atoms with Crippen LogP contribution >= 0.6 is 0 Å². The van der Waals surface area contributed by atoms with Crippen molar-refractivity contribution in [1.29, 1.82) is 0 Å². The molecule has 2 amide bonds. The van der Waals surface area contributed by atoms with E-state index >= 15 is 0 Å². The minimum atomic E-state index is -0.0455. The first-order valence-electron chi connectivity index (χ1n) is 9.75. The highest BCUT2D eigenvalue weighted by molar-refractivity contribution is 5.74. The third kappa shape index (κ3) is 5.71. The zero-order valence-electron chi connectivity index (χ0n) is 16.2. The molecule has 1 aliphatic carbocycles. The summed E-state index contributed by atoms with van der Waals surface area (Å²) in [6.07, 6.45) is 8.63. The zero-order valence-corrected chi connectivity index (χ0v) is 16.2. The number of carbonyl (C=O) groups excluding carboxylic acids is 1. The number of nitrogens with one attached hydrogen (secondary N) is 1. The average Bonchev–Trinajstić information content (AvgIpc) is 3.20. The molecule has 5 heteroatoms. The second-order valence-electron chi connectivity index (χ2n) is 7.42. The number of carbonyl (C=O) groups is 1. The van der Waals surface area contributed by atoms with Crippen molar-refractivity contribution in [2.24, 2.45) is 5.92 Å². The van der Waals surface area contributed by atoms with Crippen molar-refractivity contribution in [1.82, 2.24) is 15.2 Å². The average molecular weight is 367 g/mol. The largest absolute Gasteiger partial charge is 0.489 e. The maximum Gasteiger partial charge on any atom is 0.317 e. The smallest absolute Gasteiger partial charge is 0.317 e.